The van der Waals surface area contributed by atoms with Gasteiger partial charge in [-0.2, -0.15) is 5.10 Å². The zero-order valence-electron chi connectivity index (χ0n) is 16.4. The summed E-state index contributed by atoms with van der Waals surface area (Å²) in [7, 11) is 1.86. The van der Waals surface area contributed by atoms with Crippen molar-refractivity contribution in [2.45, 2.75) is 18.9 Å². The first-order valence-electron chi connectivity index (χ1n) is 9.68. The van der Waals surface area contributed by atoms with E-state index in [0.29, 0.717) is 17.1 Å². The Morgan fingerprint density at radius 1 is 1.14 bits per heavy atom. The van der Waals surface area contributed by atoms with Crippen molar-refractivity contribution >= 4 is 23.1 Å². The highest BCUT2D eigenvalue weighted by molar-refractivity contribution is 6.07. The van der Waals surface area contributed by atoms with Crippen LogP contribution in [-0.4, -0.2) is 39.8 Å². The molecule has 0 radical (unpaired) electrons. The molecular weight excluding hydrogens is 366 g/mol. The van der Waals surface area contributed by atoms with Crippen molar-refractivity contribution in [2.75, 3.05) is 29.0 Å². The van der Waals surface area contributed by atoms with Gasteiger partial charge in [0, 0.05) is 31.7 Å². The Balaban J connectivity index is 1.59. The van der Waals surface area contributed by atoms with Crippen LogP contribution in [0.1, 0.15) is 23.3 Å². The summed E-state index contributed by atoms with van der Waals surface area (Å²) in [6, 6.07) is 13.4. The normalized spacial score (nSPS) is 14.8. The predicted octanol–water partition coefficient (Wildman–Crippen LogP) is 2.24. The first-order chi connectivity index (χ1) is 14.0. The van der Waals surface area contributed by atoms with Crippen molar-refractivity contribution in [2.24, 2.45) is 12.8 Å². The number of hydrogen-bond donors (Lipinski definition) is 3. The number of carbonyl (C=O) groups is 1. The molecule has 2 aromatic heterocycles. The maximum absolute atomic E-state index is 13.0. The summed E-state index contributed by atoms with van der Waals surface area (Å²) in [5, 5.41) is 7.26. The fraction of sp³-hybridized carbons (Fsp3) is 0.286. The van der Waals surface area contributed by atoms with Gasteiger partial charge in [0.05, 0.1) is 17.6 Å². The zero-order chi connectivity index (χ0) is 20.4. The second-order valence-corrected chi connectivity index (χ2v) is 7.28. The van der Waals surface area contributed by atoms with Gasteiger partial charge in [0.25, 0.3) is 5.91 Å². The standard InChI is InChI=1S/C21H25N7O/c1-27-21(28-11-9-15(22)10-12-28)18(13-24-27)26-20(29)19-16(23)7-8-17(25-19)14-5-3-2-4-6-14/h2-8,13,15H,9-12,22-23H2,1H3,(H,26,29). The SMILES string of the molecule is Cn1ncc(NC(=O)c2nc(-c3ccccc3)ccc2N)c1N1CCC(N)CC1. The number of amides is 1. The monoisotopic (exact) mass is 391 g/mol. The van der Waals surface area contributed by atoms with E-state index >= 15 is 0 Å². The Morgan fingerprint density at radius 3 is 2.59 bits per heavy atom. The van der Waals surface area contributed by atoms with Crippen LogP contribution >= 0.6 is 0 Å². The molecule has 8 heteroatoms. The minimum atomic E-state index is -0.358. The smallest absolute Gasteiger partial charge is 0.276 e. The van der Waals surface area contributed by atoms with Crippen LogP contribution in [0.5, 0.6) is 0 Å². The number of nitrogens with one attached hydrogen (secondary N) is 1. The van der Waals surface area contributed by atoms with Gasteiger partial charge in [-0.3, -0.25) is 9.48 Å². The summed E-state index contributed by atoms with van der Waals surface area (Å²) in [6.45, 7) is 1.65. The Kier molecular flexibility index (Phi) is 5.18. The maximum atomic E-state index is 13.0. The van der Waals surface area contributed by atoms with Crippen molar-refractivity contribution in [1.82, 2.24) is 14.8 Å². The second kappa shape index (κ2) is 7.92. The van der Waals surface area contributed by atoms with Crippen molar-refractivity contribution < 1.29 is 4.79 Å². The number of benzene rings is 1. The molecule has 1 aliphatic heterocycles. The van der Waals surface area contributed by atoms with E-state index in [1.54, 1.807) is 16.9 Å². The van der Waals surface area contributed by atoms with Crippen molar-refractivity contribution in [1.29, 1.82) is 0 Å². The molecule has 0 spiro atoms. The van der Waals surface area contributed by atoms with Gasteiger partial charge in [-0.25, -0.2) is 4.98 Å². The van der Waals surface area contributed by atoms with Crippen LogP contribution in [0.4, 0.5) is 17.2 Å². The van der Waals surface area contributed by atoms with Crippen LogP contribution in [0.3, 0.4) is 0 Å². The number of nitrogen functional groups attached to an aromatic ring is 1. The molecule has 0 unspecified atom stereocenters. The van der Waals surface area contributed by atoms with Gasteiger partial charge < -0.3 is 21.7 Å². The summed E-state index contributed by atoms with van der Waals surface area (Å²) in [5.74, 6) is 0.506. The highest BCUT2D eigenvalue weighted by Gasteiger charge is 2.23. The van der Waals surface area contributed by atoms with E-state index in [-0.39, 0.29) is 17.6 Å². The number of carbonyl (C=O) groups excluding carboxylic acids is 1. The number of rotatable bonds is 4. The Morgan fingerprint density at radius 2 is 1.86 bits per heavy atom. The average molecular weight is 391 g/mol. The third kappa shape index (κ3) is 3.93. The molecule has 0 saturated carbocycles. The van der Waals surface area contributed by atoms with E-state index in [9.17, 15) is 4.79 Å². The number of pyridine rings is 1. The molecule has 0 aliphatic carbocycles. The summed E-state index contributed by atoms with van der Waals surface area (Å²) in [5.41, 5.74) is 14.9. The molecule has 1 saturated heterocycles. The number of aryl methyl sites for hydroxylation is 1. The van der Waals surface area contributed by atoms with Crippen molar-refractivity contribution in [3.05, 3.63) is 54.4 Å². The first-order valence-corrected chi connectivity index (χ1v) is 9.68. The molecule has 3 aromatic rings. The van der Waals surface area contributed by atoms with E-state index < -0.39 is 0 Å². The van der Waals surface area contributed by atoms with Gasteiger partial charge in [-0.15, -0.1) is 0 Å². The Labute approximate surface area is 169 Å². The minimum absolute atomic E-state index is 0.196. The molecule has 5 N–H and O–H groups in total. The lowest BCUT2D eigenvalue weighted by Crippen LogP contribution is -2.40. The highest BCUT2D eigenvalue weighted by Crippen LogP contribution is 2.28. The Bertz CT molecular complexity index is 1010. The van der Waals surface area contributed by atoms with Crippen molar-refractivity contribution in [3.63, 3.8) is 0 Å². The molecule has 29 heavy (non-hydrogen) atoms. The third-order valence-corrected chi connectivity index (χ3v) is 5.21. The van der Waals surface area contributed by atoms with E-state index in [4.69, 9.17) is 11.5 Å². The number of aromatic nitrogens is 3. The van der Waals surface area contributed by atoms with Crippen LogP contribution in [0.25, 0.3) is 11.3 Å². The van der Waals surface area contributed by atoms with E-state index in [2.05, 4.69) is 20.3 Å². The fourth-order valence-electron chi connectivity index (χ4n) is 3.61. The summed E-state index contributed by atoms with van der Waals surface area (Å²) in [4.78, 5) is 19.7. The number of nitrogens with two attached hydrogens (primary N) is 2. The molecule has 1 amide bonds. The Hall–Kier alpha value is -3.39. The van der Waals surface area contributed by atoms with Crippen LogP contribution in [0.2, 0.25) is 0 Å². The topological polar surface area (TPSA) is 115 Å². The molecule has 0 atom stereocenters. The van der Waals surface area contributed by atoms with Gasteiger partial charge in [0.1, 0.15) is 5.69 Å². The average Bonchev–Trinajstić information content (AvgIpc) is 3.09. The van der Waals surface area contributed by atoms with Gasteiger partial charge in [0.15, 0.2) is 11.5 Å². The molecule has 0 bridgehead atoms. The fourth-order valence-corrected chi connectivity index (χ4v) is 3.61. The molecule has 1 aliphatic rings. The molecule has 1 aromatic carbocycles. The molecule has 3 heterocycles. The predicted molar refractivity (Wildman–Crippen MR) is 115 cm³/mol. The lowest BCUT2D eigenvalue weighted by Gasteiger charge is -2.32. The van der Waals surface area contributed by atoms with E-state index in [1.807, 2.05) is 43.4 Å². The number of anilines is 3. The van der Waals surface area contributed by atoms with Gasteiger partial charge >= 0.3 is 0 Å². The summed E-state index contributed by atoms with van der Waals surface area (Å²) in [6.07, 6.45) is 3.47. The summed E-state index contributed by atoms with van der Waals surface area (Å²) >= 11 is 0. The molecule has 8 nitrogen and oxygen atoms in total. The van der Waals surface area contributed by atoms with Crippen LogP contribution in [-0.2, 0) is 7.05 Å². The van der Waals surface area contributed by atoms with Crippen LogP contribution in [0, 0.1) is 0 Å². The minimum Gasteiger partial charge on any atom is -0.397 e. The quantitative estimate of drug-likeness (QED) is 0.628. The van der Waals surface area contributed by atoms with Crippen molar-refractivity contribution in [3.8, 4) is 11.3 Å². The lowest BCUT2D eigenvalue weighted by atomic mass is 10.1. The summed E-state index contributed by atoms with van der Waals surface area (Å²) < 4.78 is 1.77. The zero-order valence-corrected chi connectivity index (χ0v) is 16.4. The number of nitrogens with zero attached hydrogens (tertiary/aromatic N) is 4. The molecule has 150 valence electrons. The third-order valence-electron chi connectivity index (χ3n) is 5.21. The molecule has 1 fully saturated rings. The first kappa shape index (κ1) is 18.9. The largest absolute Gasteiger partial charge is 0.397 e. The van der Waals surface area contributed by atoms with E-state index in [0.717, 1.165) is 37.3 Å². The number of hydrogen-bond acceptors (Lipinski definition) is 6. The lowest BCUT2D eigenvalue weighted by molar-refractivity contribution is 0.102. The number of piperidine rings is 1. The molecule has 4 rings (SSSR count). The van der Waals surface area contributed by atoms with E-state index in [1.165, 1.54) is 0 Å². The van der Waals surface area contributed by atoms with Crippen LogP contribution < -0.4 is 21.7 Å². The van der Waals surface area contributed by atoms with Gasteiger partial charge in [-0.1, -0.05) is 30.3 Å². The second-order valence-electron chi connectivity index (χ2n) is 7.28. The van der Waals surface area contributed by atoms with Crippen LogP contribution in [0.15, 0.2) is 48.7 Å². The highest BCUT2D eigenvalue weighted by atomic mass is 16.1. The molecular formula is C21H25N7O. The maximum Gasteiger partial charge on any atom is 0.276 e. The van der Waals surface area contributed by atoms with Gasteiger partial charge in [-0.05, 0) is 25.0 Å². The van der Waals surface area contributed by atoms with Gasteiger partial charge in [0.2, 0.25) is 0 Å².